The Morgan fingerprint density at radius 3 is 2.65 bits per heavy atom. The van der Waals surface area contributed by atoms with Crippen molar-refractivity contribution in [1.82, 2.24) is 4.90 Å². The zero-order valence-electron chi connectivity index (χ0n) is 14.5. The van der Waals surface area contributed by atoms with Crippen molar-refractivity contribution in [2.24, 2.45) is 0 Å². The average molecular weight is 353 g/mol. The van der Waals surface area contributed by atoms with Gasteiger partial charge in [0.1, 0.15) is 5.75 Å². The van der Waals surface area contributed by atoms with Crippen molar-refractivity contribution in [3.63, 3.8) is 0 Å². The van der Waals surface area contributed by atoms with Gasteiger partial charge in [-0.05, 0) is 36.1 Å². The third kappa shape index (κ3) is 1.90. The minimum Gasteiger partial charge on any atom is -0.496 e. The molecule has 26 heavy (non-hydrogen) atoms. The molecule has 4 aliphatic heterocycles. The summed E-state index contributed by atoms with van der Waals surface area (Å²) in [5.41, 5.74) is 5.13. The standard InChI is InChI=1S/C20H19NO5/c1-22-16-7-19-20(26-10-25-19)14-8-21-3-2-11-4-17-18(24-9-23-17)6-12(11)15(21)5-13(14)16/h4,6-7,15H,2-3,5,8-10H2,1H3. The first-order valence-corrected chi connectivity index (χ1v) is 8.96. The molecular formula is C20H19NO5. The van der Waals surface area contributed by atoms with E-state index in [9.17, 15) is 0 Å². The summed E-state index contributed by atoms with van der Waals surface area (Å²) in [5, 5.41) is 0. The maximum atomic E-state index is 5.77. The highest BCUT2D eigenvalue weighted by molar-refractivity contribution is 5.60. The zero-order chi connectivity index (χ0) is 17.3. The molecule has 0 amide bonds. The summed E-state index contributed by atoms with van der Waals surface area (Å²) in [7, 11) is 1.72. The van der Waals surface area contributed by atoms with E-state index < -0.39 is 0 Å². The fraction of sp³-hybridized carbons (Fsp3) is 0.400. The molecule has 0 radical (unpaired) electrons. The molecular weight excluding hydrogens is 334 g/mol. The van der Waals surface area contributed by atoms with Gasteiger partial charge in [0.15, 0.2) is 23.0 Å². The van der Waals surface area contributed by atoms with Crippen LogP contribution in [0, 0.1) is 0 Å². The van der Waals surface area contributed by atoms with E-state index in [2.05, 4.69) is 17.0 Å². The minimum absolute atomic E-state index is 0.282. The van der Waals surface area contributed by atoms with Crippen molar-refractivity contribution in [3.8, 4) is 28.7 Å². The summed E-state index contributed by atoms with van der Waals surface area (Å²) in [6, 6.07) is 6.59. The molecule has 4 heterocycles. The number of benzene rings is 2. The lowest BCUT2D eigenvalue weighted by Crippen LogP contribution is -2.39. The molecule has 1 atom stereocenters. The van der Waals surface area contributed by atoms with E-state index in [1.165, 1.54) is 22.3 Å². The quantitative estimate of drug-likeness (QED) is 0.786. The first kappa shape index (κ1) is 14.6. The van der Waals surface area contributed by atoms with Crippen molar-refractivity contribution < 1.29 is 23.7 Å². The van der Waals surface area contributed by atoms with Crippen molar-refractivity contribution in [3.05, 3.63) is 40.5 Å². The Morgan fingerprint density at radius 1 is 0.962 bits per heavy atom. The Bertz CT molecular complexity index is 925. The number of hydrogen-bond donors (Lipinski definition) is 0. The Hall–Kier alpha value is -2.60. The predicted octanol–water partition coefficient (Wildman–Crippen LogP) is 2.81. The second-order valence-electron chi connectivity index (χ2n) is 7.11. The van der Waals surface area contributed by atoms with Crippen LogP contribution in [0.2, 0.25) is 0 Å². The lowest BCUT2D eigenvalue weighted by atomic mass is 9.83. The maximum Gasteiger partial charge on any atom is 0.231 e. The SMILES string of the molecule is COc1cc2c(c3c1CC1c4cc5c(cc4CCN1C3)OCO5)OCO2. The highest BCUT2D eigenvalue weighted by Gasteiger charge is 2.38. The molecule has 0 saturated carbocycles. The van der Waals surface area contributed by atoms with Crippen molar-refractivity contribution in [2.75, 3.05) is 27.2 Å². The normalized spacial score (nSPS) is 21.8. The van der Waals surface area contributed by atoms with E-state index in [1.807, 2.05) is 6.07 Å². The number of ether oxygens (including phenoxy) is 5. The van der Waals surface area contributed by atoms with Crippen LogP contribution in [0.15, 0.2) is 18.2 Å². The lowest BCUT2D eigenvalue weighted by Gasteiger charge is -2.42. The summed E-state index contributed by atoms with van der Waals surface area (Å²) in [5.74, 6) is 4.29. The molecule has 0 spiro atoms. The molecule has 0 N–H and O–H groups in total. The van der Waals surface area contributed by atoms with Crippen LogP contribution in [0.5, 0.6) is 28.7 Å². The molecule has 134 valence electrons. The summed E-state index contributed by atoms with van der Waals surface area (Å²) in [6.07, 6.45) is 1.91. The third-order valence-electron chi connectivity index (χ3n) is 5.92. The van der Waals surface area contributed by atoms with Crippen LogP contribution < -0.4 is 23.7 Å². The molecule has 0 saturated heterocycles. The van der Waals surface area contributed by atoms with Crippen LogP contribution in [0.4, 0.5) is 0 Å². The number of nitrogens with zero attached hydrogens (tertiary/aromatic N) is 1. The summed E-state index contributed by atoms with van der Waals surface area (Å²) < 4.78 is 28.2. The molecule has 0 aliphatic carbocycles. The third-order valence-corrected chi connectivity index (χ3v) is 5.92. The van der Waals surface area contributed by atoms with E-state index in [4.69, 9.17) is 23.7 Å². The Morgan fingerprint density at radius 2 is 1.77 bits per heavy atom. The van der Waals surface area contributed by atoms with Gasteiger partial charge in [0.25, 0.3) is 0 Å². The average Bonchev–Trinajstić information content (AvgIpc) is 3.32. The molecule has 1 unspecified atom stereocenters. The molecule has 2 aromatic carbocycles. The van der Waals surface area contributed by atoms with Gasteiger partial charge in [-0.15, -0.1) is 0 Å². The molecule has 6 nitrogen and oxygen atoms in total. The van der Waals surface area contributed by atoms with E-state index in [0.29, 0.717) is 12.8 Å². The van der Waals surface area contributed by atoms with Gasteiger partial charge in [-0.1, -0.05) is 0 Å². The summed E-state index contributed by atoms with van der Waals surface area (Å²) >= 11 is 0. The first-order chi connectivity index (χ1) is 12.8. The van der Waals surface area contributed by atoms with Crippen LogP contribution in [0.1, 0.15) is 28.3 Å². The number of rotatable bonds is 1. The molecule has 6 rings (SSSR count). The smallest absolute Gasteiger partial charge is 0.231 e. The summed E-state index contributed by atoms with van der Waals surface area (Å²) in [4.78, 5) is 2.52. The van der Waals surface area contributed by atoms with Crippen molar-refractivity contribution in [2.45, 2.75) is 25.4 Å². The van der Waals surface area contributed by atoms with Gasteiger partial charge < -0.3 is 23.7 Å². The summed E-state index contributed by atoms with van der Waals surface area (Å²) in [6.45, 7) is 2.46. The fourth-order valence-electron chi connectivity index (χ4n) is 4.66. The predicted molar refractivity (Wildman–Crippen MR) is 92.2 cm³/mol. The zero-order valence-corrected chi connectivity index (χ0v) is 14.5. The van der Waals surface area contributed by atoms with Gasteiger partial charge in [-0.2, -0.15) is 0 Å². The van der Waals surface area contributed by atoms with Gasteiger partial charge in [0.05, 0.1) is 7.11 Å². The Kier molecular flexibility index (Phi) is 2.91. The largest absolute Gasteiger partial charge is 0.496 e. The van der Waals surface area contributed by atoms with Crippen LogP contribution in [-0.4, -0.2) is 32.1 Å². The van der Waals surface area contributed by atoms with Crippen LogP contribution in [-0.2, 0) is 19.4 Å². The maximum absolute atomic E-state index is 5.77. The highest BCUT2D eigenvalue weighted by atomic mass is 16.7. The molecule has 0 fully saturated rings. The van der Waals surface area contributed by atoms with Gasteiger partial charge >= 0.3 is 0 Å². The number of methoxy groups -OCH3 is 1. The highest BCUT2D eigenvalue weighted by Crippen LogP contribution is 2.50. The Labute approximate surface area is 151 Å². The molecule has 2 aromatic rings. The van der Waals surface area contributed by atoms with Crippen molar-refractivity contribution in [1.29, 1.82) is 0 Å². The monoisotopic (exact) mass is 353 g/mol. The molecule has 4 aliphatic rings. The van der Waals surface area contributed by atoms with Gasteiger partial charge in [0.2, 0.25) is 13.6 Å². The molecule has 0 aromatic heterocycles. The van der Waals surface area contributed by atoms with Gasteiger partial charge in [0, 0.05) is 36.3 Å². The molecule has 0 bridgehead atoms. The van der Waals surface area contributed by atoms with E-state index in [1.54, 1.807) is 7.11 Å². The van der Waals surface area contributed by atoms with Crippen LogP contribution >= 0.6 is 0 Å². The lowest BCUT2D eigenvalue weighted by molar-refractivity contribution is 0.150. The van der Waals surface area contributed by atoms with E-state index in [0.717, 1.165) is 54.7 Å². The topological polar surface area (TPSA) is 49.4 Å². The van der Waals surface area contributed by atoms with Crippen LogP contribution in [0.25, 0.3) is 0 Å². The number of fused-ring (bicyclic) bond motifs is 7. The van der Waals surface area contributed by atoms with E-state index >= 15 is 0 Å². The van der Waals surface area contributed by atoms with Crippen LogP contribution in [0.3, 0.4) is 0 Å². The van der Waals surface area contributed by atoms with E-state index in [-0.39, 0.29) is 6.79 Å². The number of hydrogen-bond acceptors (Lipinski definition) is 6. The Balaban J connectivity index is 1.47. The van der Waals surface area contributed by atoms with Gasteiger partial charge in [-0.3, -0.25) is 4.90 Å². The first-order valence-electron chi connectivity index (χ1n) is 8.96. The minimum atomic E-state index is 0.282. The van der Waals surface area contributed by atoms with Crippen molar-refractivity contribution >= 4 is 0 Å². The fourth-order valence-corrected chi connectivity index (χ4v) is 4.66. The van der Waals surface area contributed by atoms with Gasteiger partial charge in [-0.25, -0.2) is 0 Å². The second-order valence-corrected chi connectivity index (χ2v) is 7.11. The molecule has 6 heteroatoms. The second kappa shape index (κ2) is 5.20.